The Morgan fingerprint density at radius 3 is 2.24 bits per heavy atom. The van der Waals surface area contributed by atoms with Crippen molar-refractivity contribution in [2.24, 2.45) is 0 Å². The summed E-state index contributed by atoms with van der Waals surface area (Å²) in [4.78, 5) is 4.36. The Morgan fingerprint density at radius 2 is 1.62 bits per heavy atom. The highest BCUT2D eigenvalue weighted by molar-refractivity contribution is 5.41. The lowest BCUT2D eigenvalue weighted by Gasteiger charge is -2.00. The number of unbranched alkanes of at least 4 members (excludes halogenated alkanes) is 2. The Labute approximate surface area is 128 Å². The third kappa shape index (κ3) is 5.08. The maximum atomic E-state index is 4.36. The van der Waals surface area contributed by atoms with Gasteiger partial charge in [-0.15, -0.1) is 0 Å². The van der Waals surface area contributed by atoms with Gasteiger partial charge in [0.25, 0.3) is 0 Å². The molecule has 0 amide bonds. The molecule has 0 fully saturated rings. The SMILES string of the molecule is CCCCCc1ccc(C#Cc2ccc(CC)cn2)cc1. The molecule has 0 N–H and O–H groups in total. The van der Waals surface area contributed by atoms with E-state index in [4.69, 9.17) is 0 Å². The number of rotatable bonds is 5. The summed E-state index contributed by atoms with van der Waals surface area (Å²) in [6, 6.07) is 12.7. The monoisotopic (exact) mass is 277 g/mol. The molecule has 1 aromatic carbocycles. The van der Waals surface area contributed by atoms with Crippen LogP contribution in [0.1, 0.15) is 55.5 Å². The number of aryl methyl sites for hydroxylation is 2. The zero-order chi connectivity index (χ0) is 14.9. The average Bonchev–Trinajstić information content (AvgIpc) is 2.55. The van der Waals surface area contributed by atoms with E-state index in [1.165, 1.54) is 36.8 Å². The number of hydrogen-bond acceptors (Lipinski definition) is 1. The van der Waals surface area contributed by atoms with E-state index in [1.807, 2.05) is 12.3 Å². The van der Waals surface area contributed by atoms with Gasteiger partial charge in [-0.25, -0.2) is 4.98 Å². The van der Waals surface area contributed by atoms with Gasteiger partial charge in [-0.1, -0.05) is 50.8 Å². The van der Waals surface area contributed by atoms with Crippen LogP contribution in [0.15, 0.2) is 42.6 Å². The summed E-state index contributed by atoms with van der Waals surface area (Å²) < 4.78 is 0. The molecule has 2 rings (SSSR count). The Balaban J connectivity index is 1.98. The predicted octanol–water partition coefficient (Wildman–Crippen LogP) is 4.78. The average molecular weight is 277 g/mol. The maximum absolute atomic E-state index is 4.36. The molecule has 0 aliphatic carbocycles. The number of benzene rings is 1. The molecule has 0 spiro atoms. The van der Waals surface area contributed by atoms with Gasteiger partial charge in [-0.3, -0.25) is 0 Å². The molecule has 0 unspecified atom stereocenters. The molecule has 2 aromatic rings. The van der Waals surface area contributed by atoms with E-state index in [-0.39, 0.29) is 0 Å². The highest BCUT2D eigenvalue weighted by atomic mass is 14.7. The summed E-state index contributed by atoms with van der Waals surface area (Å²) in [6.45, 7) is 4.37. The molecule has 1 nitrogen and oxygen atoms in total. The minimum atomic E-state index is 0.833. The fraction of sp³-hybridized carbons (Fsp3) is 0.350. The summed E-state index contributed by atoms with van der Waals surface area (Å²) in [6.07, 6.45) is 7.94. The van der Waals surface area contributed by atoms with E-state index in [9.17, 15) is 0 Å². The second kappa shape index (κ2) is 8.27. The first-order valence-corrected chi connectivity index (χ1v) is 7.87. The smallest absolute Gasteiger partial charge is 0.113 e. The highest BCUT2D eigenvalue weighted by Crippen LogP contribution is 2.08. The molecule has 1 heteroatoms. The zero-order valence-electron chi connectivity index (χ0n) is 13.0. The number of pyridine rings is 1. The normalized spacial score (nSPS) is 10.0. The standard InChI is InChI=1S/C20H23N/c1-3-5-6-7-18-8-10-19(11-9-18)13-15-20-14-12-17(4-2)16-21-20/h8-12,14,16H,3-7H2,1-2H3. The summed E-state index contributed by atoms with van der Waals surface area (Å²) in [5.74, 6) is 6.30. The van der Waals surface area contributed by atoms with Crippen molar-refractivity contribution in [3.05, 3.63) is 65.0 Å². The van der Waals surface area contributed by atoms with Gasteiger partial charge in [0.05, 0.1) is 0 Å². The van der Waals surface area contributed by atoms with E-state index < -0.39 is 0 Å². The quantitative estimate of drug-likeness (QED) is 0.566. The Hall–Kier alpha value is -2.07. The first-order chi connectivity index (χ1) is 10.3. The van der Waals surface area contributed by atoms with Crippen molar-refractivity contribution >= 4 is 0 Å². The van der Waals surface area contributed by atoms with Crippen LogP contribution in [-0.4, -0.2) is 4.98 Å². The van der Waals surface area contributed by atoms with Crippen LogP contribution in [0.2, 0.25) is 0 Å². The van der Waals surface area contributed by atoms with Crippen LogP contribution in [0.4, 0.5) is 0 Å². The van der Waals surface area contributed by atoms with Gasteiger partial charge < -0.3 is 0 Å². The first kappa shape index (κ1) is 15.3. The van der Waals surface area contributed by atoms with Gasteiger partial charge in [-0.05, 0) is 54.5 Å². The lowest BCUT2D eigenvalue weighted by Crippen LogP contribution is -1.87. The third-order valence-electron chi connectivity index (χ3n) is 3.59. The summed E-state index contributed by atoms with van der Waals surface area (Å²) in [5, 5.41) is 0. The Morgan fingerprint density at radius 1 is 0.857 bits per heavy atom. The van der Waals surface area contributed by atoms with Crippen LogP contribution >= 0.6 is 0 Å². The molecule has 1 heterocycles. The van der Waals surface area contributed by atoms with Crippen molar-refractivity contribution in [2.45, 2.75) is 46.0 Å². The number of hydrogen-bond donors (Lipinski definition) is 0. The fourth-order valence-corrected chi connectivity index (χ4v) is 2.18. The number of aromatic nitrogens is 1. The van der Waals surface area contributed by atoms with Crippen molar-refractivity contribution in [1.29, 1.82) is 0 Å². The van der Waals surface area contributed by atoms with Gasteiger partial charge in [0, 0.05) is 11.8 Å². The van der Waals surface area contributed by atoms with Crippen LogP contribution in [0.5, 0.6) is 0 Å². The van der Waals surface area contributed by atoms with E-state index >= 15 is 0 Å². The molecule has 0 aliphatic heterocycles. The molecule has 21 heavy (non-hydrogen) atoms. The van der Waals surface area contributed by atoms with E-state index in [1.54, 1.807) is 0 Å². The highest BCUT2D eigenvalue weighted by Gasteiger charge is 1.94. The second-order valence-electron chi connectivity index (χ2n) is 5.31. The van der Waals surface area contributed by atoms with Crippen molar-refractivity contribution in [3.63, 3.8) is 0 Å². The first-order valence-electron chi connectivity index (χ1n) is 7.87. The second-order valence-corrected chi connectivity index (χ2v) is 5.31. The van der Waals surface area contributed by atoms with Crippen molar-refractivity contribution in [3.8, 4) is 11.8 Å². The van der Waals surface area contributed by atoms with Gasteiger partial charge >= 0.3 is 0 Å². The molecule has 1 aromatic heterocycles. The molecule has 108 valence electrons. The summed E-state index contributed by atoms with van der Waals surface area (Å²) in [7, 11) is 0. The molecule has 0 saturated carbocycles. The lowest BCUT2D eigenvalue weighted by molar-refractivity contribution is 0.717. The van der Waals surface area contributed by atoms with Crippen molar-refractivity contribution in [1.82, 2.24) is 4.98 Å². The molecule has 0 saturated heterocycles. The van der Waals surface area contributed by atoms with E-state index in [0.717, 1.165) is 17.7 Å². The lowest BCUT2D eigenvalue weighted by atomic mass is 10.1. The van der Waals surface area contributed by atoms with Crippen LogP contribution in [0.25, 0.3) is 0 Å². The Bertz CT molecular complexity index is 597. The van der Waals surface area contributed by atoms with E-state index in [0.29, 0.717) is 0 Å². The van der Waals surface area contributed by atoms with Gasteiger partial charge in [0.1, 0.15) is 5.69 Å². The van der Waals surface area contributed by atoms with Crippen molar-refractivity contribution < 1.29 is 0 Å². The van der Waals surface area contributed by atoms with Gasteiger partial charge in [0.15, 0.2) is 0 Å². The molecule has 0 atom stereocenters. The van der Waals surface area contributed by atoms with Gasteiger partial charge in [0.2, 0.25) is 0 Å². The largest absolute Gasteiger partial charge is 0.248 e. The van der Waals surface area contributed by atoms with Crippen molar-refractivity contribution in [2.75, 3.05) is 0 Å². The molecular formula is C20H23N. The summed E-state index contributed by atoms with van der Waals surface area (Å²) in [5.41, 5.74) is 4.53. The predicted molar refractivity (Wildman–Crippen MR) is 89.3 cm³/mol. The van der Waals surface area contributed by atoms with Gasteiger partial charge in [-0.2, -0.15) is 0 Å². The molecular weight excluding hydrogens is 254 g/mol. The zero-order valence-corrected chi connectivity index (χ0v) is 13.0. The maximum Gasteiger partial charge on any atom is 0.113 e. The fourth-order valence-electron chi connectivity index (χ4n) is 2.18. The third-order valence-corrected chi connectivity index (χ3v) is 3.59. The summed E-state index contributed by atoms with van der Waals surface area (Å²) >= 11 is 0. The van der Waals surface area contributed by atoms with Crippen LogP contribution in [0.3, 0.4) is 0 Å². The molecule has 0 radical (unpaired) electrons. The number of nitrogens with zero attached hydrogens (tertiary/aromatic N) is 1. The van der Waals surface area contributed by atoms with E-state index in [2.05, 4.69) is 61.0 Å². The van der Waals surface area contributed by atoms with Crippen LogP contribution < -0.4 is 0 Å². The van der Waals surface area contributed by atoms with Crippen LogP contribution in [0, 0.1) is 11.8 Å². The topological polar surface area (TPSA) is 12.9 Å². The molecule has 0 bridgehead atoms. The minimum Gasteiger partial charge on any atom is -0.248 e. The Kier molecular flexibility index (Phi) is 6.03. The van der Waals surface area contributed by atoms with Crippen LogP contribution in [-0.2, 0) is 12.8 Å². The minimum absolute atomic E-state index is 0.833. The molecule has 0 aliphatic rings.